The summed E-state index contributed by atoms with van der Waals surface area (Å²) in [6.07, 6.45) is -0.136. The first-order valence-corrected chi connectivity index (χ1v) is 11.7. The molecule has 0 aliphatic carbocycles. The van der Waals surface area contributed by atoms with E-state index >= 15 is 0 Å². The quantitative estimate of drug-likeness (QED) is 0.523. The van der Waals surface area contributed by atoms with Gasteiger partial charge in [0.15, 0.2) is 5.69 Å². The minimum Gasteiger partial charge on any atom is -0.383 e. The van der Waals surface area contributed by atoms with Crippen LogP contribution in [0.5, 0.6) is 0 Å². The summed E-state index contributed by atoms with van der Waals surface area (Å²) < 4.78 is 15.5. The molecule has 0 bridgehead atoms. The summed E-state index contributed by atoms with van der Waals surface area (Å²) in [5.41, 5.74) is 5.60. The van der Waals surface area contributed by atoms with Crippen LogP contribution in [-0.2, 0) is 16.1 Å². The average Bonchev–Trinajstić information content (AvgIpc) is 3.22. The Hall–Kier alpha value is -4.21. The van der Waals surface area contributed by atoms with Gasteiger partial charge in [0.05, 0.1) is 18.2 Å². The van der Waals surface area contributed by atoms with E-state index in [9.17, 15) is 23.6 Å². The zero-order valence-corrected chi connectivity index (χ0v) is 20.1. The molecule has 9 nitrogen and oxygen atoms in total. The van der Waals surface area contributed by atoms with E-state index in [1.807, 2.05) is 44.2 Å². The summed E-state index contributed by atoms with van der Waals surface area (Å²) in [6.45, 7) is 3.95. The van der Waals surface area contributed by atoms with Gasteiger partial charge in [0.1, 0.15) is 11.6 Å². The maximum absolute atomic E-state index is 14.3. The van der Waals surface area contributed by atoms with Crippen molar-refractivity contribution in [3.05, 3.63) is 86.8 Å². The van der Waals surface area contributed by atoms with Gasteiger partial charge < -0.3 is 15.5 Å². The van der Waals surface area contributed by atoms with E-state index in [0.717, 1.165) is 5.56 Å². The van der Waals surface area contributed by atoms with Crippen LogP contribution >= 0.6 is 0 Å². The van der Waals surface area contributed by atoms with Crippen molar-refractivity contribution in [3.8, 4) is 0 Å². The molecule has 188 valence electrons. The van der Waals surface area contributed by atoms with Crippen LogP contribution in [0, 0.1) is 17.7 Å². The largest absolute Gasteiger partial charge is 0.383 e. The van der Waals surface area contributed by atoms with Gasteiger partial charge >= 0.3 is 5.69 Å². The zero-order chi connectivity index (χ0) is 26.0. The number of benzene rings is 2. The van der Waals surface area contributed by atoms with Crippen molar-refractivity contribution in [1.82, 2.24) is 9.55 Å². The second-order valence-corrected chi connectivity index (χ2v) is 9.26. The normalized spacial score (nSPS) is 15.5. The van der Waals surface area contributed by atoms with Crippen LogP contribution in [0.15, 0.2) is 64.2 Å². The van der Waals surface area contributed by atoms with Crippen LogP contribution in [0.2, 0.25) is 0 Å². The minimum atomic E-state index is -0.816. The van der Waals surface area contributed by atoms with Gasteiger partial charge in [-0.25, -0.2) is 9.18 Å². The Morgan fingerprint density at radius 1 is 1.11 bits per heavy atom. The number of anilines is 3. The summed E-state index contributed by atoms with van der Waals surface area (Å²) in [5.74, 6) is -2.45. The number of rotatable bonds is 7. The van der Waals surface area contributed by atoms with Gasteiger partial charge in [-0.05, 0) is 23.6 Å². The fourth-order valence-corrected chi connectivity index (χ4v) is 4.41. The van der Waals surface area contributed by atoms with Crippen LogP contribution in [0.4, 0.5) is 21.6 Å². The van der Waals surface area contributed by atoms with Crippen molar-refractivity contribution in [2.75, 3.05) is 28.6 Å². The van der Waals surface area contributed by atoms with Crippen LogP contribution in [0.1, 0.15) is 25.8 Å². The van der Waals surface area contributed by atoms with E-state index < -0.39 is 28.9 Å². The van der Waals surface area contributed by atoms with Crippen LogP contribution < -0.4 is 26.8 Å². The maximum Gasteiger partial charge on any atom is 0.330 e. The van der Waals surface area contributed by atoms with E-state index in [2.05, 4.69) is 4.98 Å². The molecule has 0 unspecified atom stereocenters. The van der Waals surface area contributed by atoms with Crippen molar-refractivity contribution in [3.63, 3.8) is 0 Å². The van der Waals surface area contributed by atoms with Crippen molar-refractivity contribution in [2.45, 2.75) is 26.8 Å². The first-order valence-electron chi connectivity index (χ1n) is 11.7. The molecule has 36 heavy (non-hydrogen) atoms. The van der Waals surface area contributed by atoms with Gasteiger partial charge in [-0.15, -0.1) is 0 Å². The summed E-state index contributed by atoms with van der Waals surface area (Å²) >= 11 is 0. The molecular formula is C26H28FN5O4. The fraction of sp³-hybridized carbons (Fsp3) is 0.308. The number of aromatic nitrogens is 2. The van der Waals surface area contributed by atoms with Crippen LogP contribution in [0.25, 0.3) is 0 Å². The molecule has 0 radical (unpaired) electrons. The second kappa shape index (κ2) is 10.2. The van der Waals surface area contributed by atoms with Crippen molar-refractivity contribution in [2.24, 2.45) is 11.8 Å². The molecule has 3 N–H and O–H groups in total. The molecule has 1 fully saturated rings. The number of hydrogen-bond donors (Lipinski definition) is 2. The standard InChI is InChI=1S/C26H28FN5O4/c1-16(2)13-31(25(35)18-12-21(33)30(15-18)20-11-7-6-10-19(20)27)22-23(28)32(26(36)29-24(22)34)14-17-8-4-3-5-9-17/h3-11,16,18H,12-15,28H2,1-2H3,(H,29,34,36)/t18-/m0/s1. The van der Waals surface area contributed by atoms with Crippen LogP contribution in [0.3, 0.4) is 0 Å². The first kappa shape index (κ1) is 24.9. The highest BCUT2D eigenvalue weighted by molar-refractivity contribution is 6.05. The fourth-order valence-electron chi connectivity index (χ4n) is 4.41. The summed E-state index contributed by atoms with van der Waals surface area (Å²) in [5, 5.41) is 0. The lowest BCUT2D eigenvalue weighted by Gasteiger charge is -2.28. The third-order valence-corrected chi connectivity index (χ3v) is 6.10. The third kappa shape index (κ3) is 4.93. The lowest BCUT2D eigenvalue weighted by molar-refractivity contribution is -0.124. The van der Waals surface area contributed by atoms with Crippen molar-refractivity contribution in [1.29, 1.82) is 0 Å². The molecular weight excluding hydrogens is 465 g/mol. The molecule has 1 aromatic heterocycles. The number of para-hydroxylation sites is 1. The Morgan fingerprint density at radius 2 is 1.78 bits per heavy atom. The predicted molar refractivity (Wildman–Crippen MR) is 135 cm³/mol. The molecule has 0 spiro atoms. The number of nitrogen functional groups attached to an aromatic ring is 1. The highest BCUT2D eigenvalue weighted by Gasteiger charge is 2.39. The first-order chi connectivity index (χ1) is 17.2. The second-order valence-electron chi connectivity index (χ2n) is 9.26. The summed E-state index contributed by atoms with van der Waals surface area (Å²) in [6, 6.07) is 15.0. The highest BCUT2D eigenvalue weighted by Crippen LogP contribution is 2.30. The average molecular weight is 494 g/mol. The molecule has 1 atom stereocenters. The van der Waals surface area contributed by atoms with Crippen LogP contribution in [-0.4, -0.2) is 34.5 Å². The number of hydrogen-bond acceptors (Lipinski definition) is 5. The predicted octanol–water partition coefficient (Wildman–Crippen LogP) is 2.35. The Kier molecular flexibility index (Phi) is 7.05. The van der Waals surface area contributed by atoms with Gasteiger partial charge in [-0.2, -0.15) is 0 Å². The van der Waals surface area contributed by atoms with Gasteiger partial charge in [0.25, 0.3) is 5.56 Å². The molecule has 2 amide bonds. The number of amides is 2. The zero-order valence-electron chi connectivity index (χ0n) is 20.1. The number of nitrogens with zero attached hydrogens (tertiary/aromatic N) is 3. The van der Waals surface area contributed by atoms with E-state index in [1.54, 1.807) is 6.07 Å². The molecule has 3 aromatic rings. The van der Waals surface area contributed by atoms with Crippen molar-refractivity contribution < 1.29 is 14.0 Å². The number of carbonyl (C=O) groups excluding carboxylic acids is 2. The summed E-state index contributed by atoms with van der Waals surface area (Å²) in [7, 11) is 0. The molecule has 1 saturated heterocycles. The molecule has 4 rings (SSSR count). The number of nitrogens with one attached hydrogen (secondary N) is 1. The van der Waals surface area contributed by atoms with E-state index in [-0.39, 0.29) is 55.1 Å². The molecule has 10 heteroatoms. The molecule has 0 saturated carbocycles. The molecule has 2 heterocycles. The van der Waals surface area contributed by atoms with E-state index in [0.29, 0.717) is 0 Å². The van der Waals surface area contributed by atoms with E-state index in [4.69, 9.17) is 5.73 Å². The van der Waals surface area contributed by atoms with Gasteiger partial charge in [-0.3, -0.25) is 23.9 Å². The maximum atomic E-state index is 14.3. The molecule has 1 aliphatic heterocycles. The van der Waals surface area contributed by atoms with E-state index in [1.165, 1.54) is 32.6 Å². The molecule has 2 aromatic carbocycles. The Labute approximate surface area is 207 Å². The lowest BCUT2D eigenvalue weighted by Crippen LogP contribution is -2.45. The Bertz CT molecular complexity index is 1400. The number of carbonyl (C=O) groups is 2. The smallest absolute Gasteiger partial charge is 0.330 e. The third-order valence-electron chi connectivity index (χ3n) is 6.10. The lowest BCUT2D eigenvalue weighted by atomic mass is 10.1. The Balaban J connectivity index is 1.71. The highest BCUT2D eigenvalue weighted by atomic mass is 19.1. The van der Waals surface area contributed by atoms with Gasteiger partial charge in [0, 0.05) is 19.5 Å². The van der Waals surface area contributed by atoms with Gasteiger partial charge in [0.2, 0.25) is 11.8 Å². The van der Waals surface area contributed by atoms with Crippen molar-refractivity contribution >= 4 is 29.0 Å². The number of halogens is 1. The topological polar surface area (TPSA) is 121 Å². The molecule has 1 aliphatic rings. The SMILES string of the molecule is CC(C)CN(C(=O)[C@H]1CC(=O)N(c2ccccc2F)C1)c1c(N)n(Cc2ccccc2)c(=O)[nH]c1=O. The number of nitrogens with two attached hydrogens (primary N) is 1. The van der Waals surface area contributed by atoms with Gasteiger partial charge in [-0.1, -0.05) is 56.3 Å². The number of aromatic amines is 1. The minimum absolute atomic E-state index is 0.0331. The number of H-pyrrole nitrogens is 1. The monoisotopic (exact) mass is 493 g/mol. The summed E-state index contributed by atoms with van der Waals surface area (Å²) in [4.78, 5) is 56.7. The Morgan fingerprint density at radius 3 is 2.44 bits per heavy atom.